The second-order valence-electron chi connectivity index (χ2n) is 9.51. The van der Waals surface area contributed by atoms with Crippen molar-refractivity contribution in [3.63, 3.8) is 0 Å². The van der Waals surface area contributed by atoms with Crippen LogP contribution < -0.4 is 30.0 Å². The molecule has 4 aromatic carbocycles. The minimum absolute atomic E-state index is 0.0632. The average molecular weight is 600 g/mol. The Bertz CT molecular complexity index is 1940. The third-order valence-electron chi connectivity index (χ3n) is 6.65. The Morgan fingerprint density at radius 2 is 1.37 bits per heavy atom. The molecular formula is C31H29N5O6S. The molecule has 0 amide bonds. The number of carbonyl (C=O) groups is 1. The fraction of sp³-hybridized carbons (Fsp3) is 0.129. The zero-order valence-electron chi connectivity index (χ0n) is 23.8. The lowest BCUT2D eigenvalue weighted by Gasteiger charge is -2.16. The maximum Gasteiger partial charge on any atom is 0.265 e. The van der Waals surface area contributed by atoms with Gasteiger partial charge in [-0.25, -0.2) is 18.4 Å². The largest absolute Gasteiger partial charge is 0.497 e. The molecule has 5 aromatic rings. The molecule has 0 saturated heterocycles. The minimum atomic E-state index is -4.27. The first-order chi connectivity index (χ1) is 20.6. The Balaban J connectivity index is 1.49. The number of para-hydroxylation sites is 2. The van der Waals surface area contributed by atoms with E-state index in [0.717, 1.165) is 5.56 Å². The third-order valence-corrected chi connectivity index (χ3v) is 8.06. The van der Waals surface area contributed by atoms with Gasteiger partial charge in [0.25, 0.3) is 10.0 Å². The van der Waals surface area contributed by atoms with E-state index in [9.17, 15) is 13.2 Å². The van der Waals surface area contributed by atoms with Crippen LogP contribution in [0.1, 0.15) is 21.5 Å². The van der Waals surface area contributed by atoms with Gasteiger partial charge < -0.3 is 25.3 Å². The van der Waals surface area contributed by atoms with Gasteiger partial charge >= 0.3 is 0 Å². The van der Waals surface area contributed by atoms with E-state index < -0.39 is 10.0 Å². The Morgan fingerprint density at radius 3 is 1.98 bits per heavy atom. The molecule has 0 fully saturated rings. The highest BCUT2D eigenvalue weighted by atomic mass is 32.2. The number of nitrogens with two attached hydrogens (primary N) is 1. The number of benzene rings is 4. The van der Waals surface area contributed by atoms with Gasteiger partial charge in [0, 0.05) is 35.0 Å². The third kappa shape index (κ3) is 6.14. The summed E-state index contributed by atoms with van der Waals surface area (Å²) in [5, 5.41) is 3.11. The first-order valence-corrected chi connectivity index (χ1v) is 14.5. The van der Waals surface area contributed by atoms with Crippen molar-refractivity contribution in [2.45, 2.75) is 11.8 Å². The summed E-state index contributed by atoms with van der Waals surface area (Å²) in [6, 6.07) is 21.3. The number of carbonyl (C=O) groups excluding carboxylic acids is 1. The molecule has 4 N–H and O–H groups in total. The molecule has 5 rings (SSSR count). The molecule has 1 heterocycles. The standard InChI is InChI=1S/C31H29N5O6S/c1-18-9-10-20(14-27(18)42-4)29(37)19-11-12-28(24(32)13-19)43(38,39)36-31-30(34-25-7-5-6-8-26(25)35-31)33-21-15-22(40-2)17-23(16-21)41-3/h5-17H,32H2,1-4H3,(H,33,34)(H,35,36). The minimum Gasteiger partial charge on any atom is -0.497 e. The number of aryl methyl sites for hydroxylation is 1. The molecule has 0 radical (unpaired) electrons. The summed E-state index contributed by atoms with van der Waals surface area (Å²) in [6.45, 7) is 1.87. The number of ether oxygens (including phenoxy) is 3. The first kappa shape index (κ1) is 29.1. The van der Waals surface area contributed by atoms with Crippen LogP contribution in [0.3, 0.4) is 0 Å². The van der Waals surface area contributed by atoms with Gasteiger partial charge in [-0.2, -0.15) is 0 Å². The van der Waals surface area contributed by atoms with E-state index in [4.69, 9.17) is 19.9 Å². The summed E-state index contributed by atoms with van der Waals surface area (Å²) >= 11 is 0. The Kier molecular flexibility index (Phi) is 8.04. The van der Waals surface area contributed by atoms with Crippen LogP contribution in [0, 0.1) is 6.92 Å². The number of hydrogen-bond acceptors (Lipinski definition) is 10. The molecule has 0 bridgehead atoms. The number of sulfonamides is 1. The SMILES string of the molecule is COc1cc(Nc2nc3ccccc3nc2NS(=O)(=O)c2ccc(C(=O)c3ccc(C)c(OC)c3)cc2N)cc(OC)c1. The number of ketones is 1. The molecule has 43 heavy (non-hydrogen) atoms. The van der Waals surface area contributed by atoms with Gasteiger partial charge in [-0.05, 0) is 48.9 Å². The van der Waals surface area contributed by atoms with Crippen LogP contribution in [-0.2, 0) is 10.0 Å². The molecule has 0 aliphatic rings. The van der Waals surface area contributed by atoms with Crippen molar-refractivity contribution >= 4 is 49.9 Å². The van der Waals surface area contributed by atoms with Crippen molar-refractivity contribution in [3.8, 4) is 17.2 Å². The average Bonchev–Trinajstić information content (AvgIpc) is 3.00. The van der Waals surface area contributed by atoms with E-state index in [1.54, 1.807) is 60.7 Å². The van der Waals surface area contributed by atoms with Gasteiger partial charge in [0.2, 0.25) is 0 Å². The van der Waals surface area contributed by atoms with Crippen molar-refractivity contribution in [3.05, 3.63) is 95.6 Å². The van der Waals surface area contributed by atoms with Gasteiger partial charge in [0.05, 0.1) is 38.1 Å². The number of fused-ring (bicyclic) bond motifs is 1. The molecule has 0 atom stereocenters. The number of aromatic nitrogens is 2. The summed E-state index contributed by atoms with van der Waals surface area (Å²) in [5.74, 6) is 1.34. The van der Waals surface area contributed by atoms with Crippen molar-refractivity contribution in [2.75, 3.05) is 37.1 Å². The van der Waals surface area contributed by atoms with Crippen molar-refractivity contribution in [1.29, 1.82) is 0 Å². The zero-order valence-corrected chi connectivity index (χ0v) is 24.7. The van der Waals surface area contributed by atoms with Crippen LogP contribution >= 0.6 is 0 Å². The van der Waals surface area contributed by atoms with Crippen LogP contribution in [0.2, 0.25) is 0 Å². The highest BCUT2D eigenvalue weighted by Crippen LogP contribution is 2.32. The second kappa shape index (κ2) is 11.9. The number of nitrogens with one attached hydrogen (secondary N) is 2. The lowest BCUT2D eigenvalue weighted by Crippen LogP contribution is -2.18. The van der Waals surface area contributed by atoms with Crippen LogP contribution in [0.15, 0.2) is 83.8 Å². The normalized spacial score (nSPS) is 11.2. The summed E-state index contributed by atoms with van der Waals surface area (Å²) in [6.07, 6.45) is 0. The molecule has 0 saturated carbocycles. The molecular weight excluding hydrogens is 570 g/mol. The maximum atomic E-state index is 13.6. The van der Waals surface area contributed by atoms with E-state index in [1.165, 1.54) is 39.5 Å². The Labute approximate surface area is 248 Å². The molecule has 0 aliphatic carbocycles. The highest BCUT2D eigenvalue weighted by Gasteiger charge is 2.23. The molecule has 220 valence electrons. The molecule has 12 heteroatoms. The topological polar surface area (TPSA) is 155 Å². The summed E-state index contributed by atoms with van der Waals surface area (Å²) < 4.78 is 45.7. The van der Waals surface area contributed by atoms with Crippen molar-refractivity contribution in [2.24, 2.45) is 0 Å². The lowest BCUT2D eigenvalue weighted by molar-refractivity contribution is 0.103. The maximum absolute atomic E-state index is 13.6. The number of nitrogens with zero attached hydrogens (tertiary/aromatic N) is 2. The second-order valence-corrected chi connectivity index (χ2v) is 11.2. The van der Waals surface area contributed by atoms with E-state index in [0.29, 0.717) is 39.5 Å². The summed E-state index contributed by atoms with van der Waals surface area (Å²) in [7, 11) is 0.294. The number of rotatable bonds is 10. The fourth-order valence-electron chi connectivity index (χ4n) is 4.42. The van der Waals surface area contributed by atoms with Gasteiger partial charge in [-0.15, -0.1) is 0 Å². The van der Waals surface area contributed by atoms with Gasteiger partial charge in [0.1, 0.15) is 22.1 Å². The van der Waals surface area contributed by atoms with Crippen molar-refractivity contribution < 1.29 is 27.4 Å². The van der Waals surface area contributed by atoms with E-state index in [2.05, 4.69) is 20.0 Å². The van der Waals surface area contributed by atoms with Crippen LogP contribution in [-0.4, -0.2) is 45.5 Å². The molecule has 0 aliphatic heterocycles. The highest BCUT2D eigenvalue weighted by molar-refractivity contribution is 7.92. The Hall–Kier alpha value is -5.36. The predicted molar refractivity (Wildman–Crippen MR) is 165 cm³/mol. The van der Waals surface area contributed by atoms with Crippen LogP contribution in [0.25, 0.3) is 11.0 Å². The van der Waals surface area contributed by atoms with E-state index in [-0.39, 0.29) is 33.6 Å². The van der Waals surface area contributed by atoms with Gasteiger partial charge in [0.15, 0.2) is 17.4 Å². The first-order valence-electron chi connectivity index (χ1n) is 13.0. The van der Waals surface area contributed by atoms with Crippen LogP contribution in [0.5, 0.6) is 17.2 Å². The zero-order chi connectivity index (χ0) is 30.7. The van der Waals surface area contributed by atoms with Crippen molar-refractivity contribution in [1.82, 2.24) is 9.97 Å². The van der Waals surface area contributed by atoms with E-state index in [1.807, 2.05) is 6.92 Å². The lowest BCUT2D eigenvalue weighted by atomic mass is 10.0. The predicted octanol–water partition coefficient (Wildman–Crippen LogP) is 5.32. The quantitative estimate of drug-likeness (QED) is 0.142. The Morgan fingerprint density at radius 1 is 0.767 bits per heavy atom. The number of anilines is 4. The van der Waals surface area contributed by atoms with Gasteiger partial charge in [-0.3, -0.25) is 9.52 Å². The number of methoxy groups -OCH3 is 3. The van der Waals surface area contributed by atoms with Gasteiger partial charge in [-0.1, -0.05) is 24.3 Å². The summed E-state index contributed by atoms with van der Waals surface area (Å²) in [5.41, 5.74) is 9.10. The molecule has 0 spiro atoms. The monoisotopic (exact) mass is 599 g/mol. The molecule has 11 nitrogen and oxygen atoms in total. The van der Waals surface area contributed by atoms with Crippen LogP contribution in [0.4, 0.5) is 23.0 Å². The van der Waals surface area contributed by atoms with E-state index >= 15 is 0 Å². The molecule has 1 aromatic heterocycles. The number of hydrogen-bond donors (Lipinski definition) is 3. The summed E-state index contributed by atoms with van der Waals surface area (Å²) in [4.78, 5) is 22.0. The molecule has 0 unspecified atom stereocenters. The smallest absolute Gasteiger partial charge is 0.265 e. The fourth-order valence-corrected chi connectivity index (χ4v) is 5.54. The number of nitrogen functional groups attached to an aromatic ring is 1.